The van der Waals surface area contributed by atoms with Crippen LogP contribution in [0.25, 0.3) is 116 Å². The van der Waals surface area contributed by atoms with Crippen molar-refractivity contribution in [2.75, 3.05) is 0 Å². The van der Waals surface area contributed by atoms with Gasteiger partial charge in [0.25, 0.3) is 6.33 Å². The number of hydrogen-bond donors (Lipinski definition) is 0. The molecule has 0 fully saturated rings. The van der Waals surface area contributed by atoms with Gasteiger partial charge in [0.1, 0.15) is 28.1 Å². The summed E-state index contributed by atoms with van der Waals surface area (Å²) >= 11 is 0. The Hall–Kier alpha value is -8.51. The molecule has 3 aliphatic carbocycles. The third kappa shape index (κ3) is 8.83. The maximum atomic E-state index is 7.17. The van der Waals surface area contributed by atoms with E-state index >= 15 is 0 Å². The van der Waals surface area contributed by atoms with Crippen LogP contribution in [0.5, 0.6) is 11.5 Å². The molecule has 3 aliphatic rings. The summed E-state index contributed by atoms with van der Waals surface area (Å²) in [6.07, 6.45) is 12.8. The number of ether oxygens (including phenoxy) is 1. The van der Waals surface area contributed by atoms with Crippen LogP contribution in [0.2, 0.25) is 0 Å². The van der Waals surface area contributed by atoms with Crippen LogP contribution in [-0.2, 0) is 53.6 Å². The summed E-state index contributed by atoms with van der Waals surface area (Å²) in [5, 5.41) is 6.80. The number of benzene rings is 9. The van der Waals surface area contributed by atoms with E-state index in [1.54, 1.807) is 0 Å². The Morgan fingerprint density at radius 2 is 0.957 bits per heavy atom. The monoisotopic (exact) mass is 1380 g/mol. The largest absolute Gasteiger partial charge is 0.510 e. The molecule has 14 aromatic rings. The van der Waals surface area contributed by atoms with Gasteiger partial charge in [0, 0.05) is 76.9 Å². The van der Waals surface area contributed by atoms with Gasteiger partial charge < -0.3 is 22.7 Å². The van der Waals surface area contributed by atoms with E-state index in [0.29, 0.717) is 11.5 Å². The third-order valence-electron chi connectivity index (χ3n) is 22.0. The Bertz CT molecular complexity index is 5250. The molecule has 5 heterocycles. The molecule has 0 saturated carbocycles. The van der Waals surface area contributed by atoms with Gasteiger partial charge >= 0.3 is 0 Å². The van der Waals surface area contributed by atoms with Crippen LogP contribution < -0.4 is 9.30 Å². The quantitative estimate of drug-likeness (QED) is 0.118. The topological polar surface area (TPSA) is 62.1 Å². The van der Waals surface area contributed by atoms with Crippen molar-refractivity contribution in [1.82, 2.24) is 14.1 Å². The van der Waals surface area contributed by atoms with Crippen LogP contribution in [0.15, 0.2) is 179 Å². The van der Waals surface area contributed by atoms with Crippen molar-refractivity contribution < 1.29 is 39.2 Å². The normalized spacial score (nSPS) is 17.5. The first-order valence-electron chi connectivity index (χ1n) is 32.8. The summed E-state index contributed by atoms with van der Waals surface area (Å²) in [5.74, 6) is 2.03. The predicted octanol–water partition coefficient (Wildman–Crippen LogP) is 21.8. The zero-order chi connectivity index (χ0) is 62.5. The minimum atomic E-state index is -0.0230. The second-order valence-corrected chi connectivity index (χ2v) is 30.6. The van der Waals surface area contributed by atoms with Crippen molar-refractivity contribution >= 4 is 76.7 Å². The van der Waals surface area contributed by atoms with Crippen LogP contribution in [0.4, 0.5) is 0 Å². The Balaban J connectivity index is 0.00000673. The molecular weight excluding hydrogens is 1310 g/mol. The average molecular weight is 1380 g/mol. The predicted molar refractivity (Wildman–Crippen MR) is 371 cm³/mol. The molecule has 5 aromatic heterocycles. The van der Waals surface area contributed by atoms with Gasteiger partial charge in [-0.1, -0.05) is 186 Å². The molecular formula is C84H76N4O3Pt-2. The van der Waals surface area contributed by atoms with Gasteiger partial charge in [-0.2, -0.15) is 18.2 Å². The molecule has 0 unspecified atom stereocenters. The van der Waals surface area contributed by atoms with Crippen molar-refractivity contribution in [3.63, 3.8) is 0 Å². The number of rotatable bonds is 7. The Morgan fingerprint density at radius 3 is 1.58 bits per heavy atom. The van der Waals surface area contributed by atoms with Gasteiger partial charge in [-0.25, -0.2) is 4.98 Å². The van der Waals surface area contributed by atoms with Crippen molar-refractivity contribution in [1.29, 1.82) is 0 Å². The molecule has 0 bridgehead atoms. The first kappa shape index (κ1) is 58.6. The summed E-state index contributed by atoms with van der Waals surface area (Å²) in [6.45, 7) is 28.5. The van der Waals surface area contributed by atoms with E-state index in [2.05, 4.69) is 267 Å². The zero-order valence-corrected chi connectivity index (χ0v) is 57.0. The first-order chi connectivity index (χ1) is 43.5. The molecule has 0 saturated heterocycles. The van der Waals surface area contributed by atoms with Crippen molar-refractivity contribution in [2.24, 2.45) is 0 Å². The number of hydrogen-bond acceptors (Lipinski definition) is 4. The fourth-order valence-electron chi connectivity index (χ4n) is 16.4. The number of imidazole rings is 1. The summed E-state index contributed by atoms with van der Waals surface area (Å²) in [4.78, 5) is 5.21. The van der Waals surface area contributed by atoms with Gasteiger partial charge in [0.05, 0.1) is 16.7 Å². The molecule has 0 spiro atoms. The molecule has 17 rings (SSSR count). The maximum Gasteiger partial charge on any atom is 0.268 e. The van der Waals surface area contributed by atoms with E-state index in [1.165, 1.54) is 33.4 Å². The van der Waals surface area contributed by atoms with Gasteiger partial charge in [-0.05, 0) is 163 Å². The third-order valence-corrected chi connectivity index (χ3v) is 22.0. The molecule has 7 nitrogen and oxygen atoms in total. The minimum absolute atomic E-state index is 0. The molecule has 9 aromatic carbocycles. The van der Waals surface area contributed by atoms with Crippen molar-refractivity contribution in [3.05, 3.63) is 222 Å². The molecule has 462 valence electrons. The van der Waals surface area contributed by atoms with E-state index in [0.717, 1.165) is 155 Å². The van der Waals surface area contributed by atoms with Crippen LogP contribution in [0.3, 0.4) is 0 Å². The number of furan rings is 2. The molecule has 0 atom stereocenters. The van der Waals surface area contributed by atoms with Crippen LogP contribution in [0.1, 0.15) is 155 Å². The summed E-state index contributed by atoms with van der Waals surface area (Å²) in [5.41, 5.74) is 21.9. The Morgan fingerprint density at radius 1 is 0.446 bits per heavy atom. The molecule has 0 aliphatic heterocycles. The van der Waals surface area contributed by atoms with Crippen molar-refractivity contribution in [2.45, 2.75) is 154 Å². The maximum absolute atomic E-state index is 7.17. The first-order valence-corrected chi connectivity index (χ1v) is 32.8. The fraction of sp³-hybridized carbons (Fsp3) is 0.286. The average Bonchev–Trinajstić information content (AvgIpc) is 1.40. The minimum Gasteiger partial charge on any atom is -0.510 e. The number of nitrogens with zero attached hydrogens (tertiary/aromatic N) is 4. The zero-order valence-electron chi connectivity index (χ0n) is 54.7. The van der Waals surface area contributed by atoms with Crippen molar-refractivity contribution in [3.8, 4) is 50.9 Å². The van der Waals surface area contributed by atoms with Crippen LogP contribution in [-0.4, -0.2) is 14.1 Å². The summed E-state index contributed by atoms with van der Waals surface area (Å²) in [6, 6.07) is 66.7. The Labute approximate surface area is 553 Å². The van der Waals surface area contributed by atoms with Crippen LogP contribution >= 0.6 is 0 Å². The van der Waals surface area contributed by atoms with Crippen LogP contribution in [0, 0.1) is 18.5 Å². The van der Waals surface area contributed by atoms with Gasteiger partial charge in [0.2, 0.25) is 0 Å². The second kappa shape index (κ2) is 20.2. The van der Waals surface area contributed by atoms with E-state index in [1.807, 2.05) is 18.2 Å². The van der Waals surface area contributed by atoms with E-state index in [-0.39, 0.29) is 53.6 Å². The van der Waals surface area contributed by atoms with Gasteiger partial charge in [0.15, 0.2) is 0 Å². The second-order valence-electron chi connectivity index (χ2n) is 30.6. The molecule has 92 heavy (non-hydrogen) atoms. The molecule has 8 heteroatoms. The van der Waals surface area contributed by atoms with E-state index < -0.39 is 0 Å². The van der Waals surface area contributed by atoms with E-state index in [9.17, 15) is 0 Å². The number of para-hydroxylation sites is 4. The number of aromatic nitrogens is 4. The Kier molecular flexibility index (Phi) is 12.9. The number of fused-ring (bicyclic) bond motifs is 15. The molecule has 0 radical (unpaired) electrons. The number of pyridine rings is 1. The van der Waals surface area contributed by atoms with E-state index in [4.69, 9.17) is 18.6 Å². The molecule has 0 amide bonds. The van der Waals surface area contributed by atoms with Gasteiger partial charge in [-0.3, -0.25) is 4.57 Å². The fourth-order valence-corrected chi connectivity index (χ4v) is 16.4. The molecule has 0 N–H and O–H groups in total. The summed E-state index contributed by atoms with van der Waals surface area (Å²) in [7, 11) is 0. The summed E-state index contributed by atoms with van der Waals surface area (Å²) < 4.78 is 27.8. The smallest absolute Gasteiger partial charge is 0.268 e. The standard InChI is InChI=1S/C84H76N4O3.Pt/c1-79(2)39-41-83(9,10)74-63(79)35-33-61-59-30-27-50(43-71(59)90-77(61)74)55-22-18-23-56(51-28-31-60-62-34-36-64-75(78(62)91-72(60)44-51)84(11,12)42-40-80(64,3)4)76(55)87-49-86(68-25-15-16-26-69(68)87)52-19-17-20-53(45-52)89-54-29-32-58-57-21-13-14-24-67(57)88(70(58)46-54)73-47-65-66(48-85-73)82(7,8)38-37-81(65,5)6;/h13-36,43-44,47-48H,37-42H2,1-12H3;/q-2;. The SMILES string of the molecule is CC1(C)CCC(C)(C)c2cc(-n3c4[c-]c(Oc5[c-]c(-n6[c-][n+](-c7c(-c8ccc9c(c8)oc8c%10c(ccc89)C(C)(C)CCC%10(C)C)cccc7-c7ccc8c(c7)oc7c9c(ccc78)C(C)(C)CCC9(C)C)c7ccccc76)ccc5)ccc4c4ccccc43)ncc21.[Pt]. The van der Waals surface area contributed by atoms with Gasteiger partial charge in [-0.15, -0.1) is 29.7 Å².